The van der Waals surface area contributed by atoms with E-state index in [1.807, 2.05) is 7.05 Å². The van der Waals surface area contributed by atoms with Crippen LogP contribution in [0, 0.1) is 8.99 Å². The van der Waals surface area contributed by atoms with Crippen LogP contribution < -0.4 is 5.32 Å². The van der Waals surface area contributed by atoms with E-state index >= 15 is 0 Å². The molecule has 1 nitrogen and oxygen atoms in total. The summed E-state index contributed by atoms with van der Waals surface area (Å²) in [5.41, 5.74) is 1.61. The van der Waals surface area contributed by atoms with Gasteiger partial charge in [0.05, 0.1) is 0 Å². The molecule has 0 aliphatic carbocycles. The molecule has 0 aliphatic rings. The Morgan fingerprint density at radius 1 is 1.14 bits per heavy atom. The summed E-state index contributed by atoms with van der Waals surface area (Å²) in [6, 6.07) is 9.14. The highest BCUT2D eigenvalue weighted by Crippen LogP contribution is 2.32. The summed E-state index contributed by atoms with van der Waals surface area (Å²) in [6.45, 7) is 6.77. The highest BCUT2D eigenvalue weighted by atomic mass is 127. The summed E-state index contributed by atoms with van der Waals surface area (Å²) >= 11 is 2.33. The molecule has 0 spiro atoms. The van der Waals surface area contributed by atoms with E-state index in [-0.39, 0.29) is 5.41 Å². The third-order valence-electron chi connectivity index (χ3n) is 2.36. The first kappa shape index (κ1) is 12.0. The van der Waals surface area contributed by atoms with Crippen LogP contribution in [0.5, 0.6) is 0 Å². The van der Waals surface area contributed by atoms with Gasteiger partial charge in [0.25, 0.3) is 0 Å². The molecule has 0 radical (unpaired) electrons. The summed E-state index contributed by atoms with van der Waals surface area (Å²) < 4.78 is 1.29. The van der Waals surface area contributed by atoms with Gasteiger partial charge >= 0.3 is 0 Å². The first-order chi connectivity index (χ1) is 6.45. The highest BCUT2D eigenvalue weighted by molar-refractivity contribution is 14.1. The first-order valence-corrected chi connectivity index (χ1v) is 5.96. The number of nitrogens with one attached hydrogen (secondary N) is 1. The molecule has 0 amide bonds. The molecule has 0 bridgehead atoms. The number of halogens is 1. The second-order valence-electron chi connectivity index (χ2n) is 4.64. The number of rotatable bonds is 2. The fourth-order valence-electron chi connectivity index (χ4n) is 1.75. The van der Waals surface area contributed by atoms with E-state index in [0.717, 1.165) is 0 Å². The van der Waals surface area contributed by atoms with E-state index in [2.05, 4.69) is 72.9 Å². The first-order valence-electron chi connectivity index (χ1n) is 4.88. The van der Waals surface area contributed by atoms with E-state index in [0.29, 0.717) is 6.04 Å². The Morgan fingerprint density at radius 3 is 2.00 bits per heavy atom. The summed E-state index contributed by atoms with van der Waals surface area (Å²) in [7, 11) is 2.02. The van der Waals surface area contributed by atoms with Gasteiger partial charge in [-0.05, 0) is 52.7 Å². The van der Waals surface area contributed by atoms with Crippen molar-refractivity contribution in [2.45, 2.75) is 26.8 Å². The van der Waals surface area contributed by atoms with Gasteiger partial charge < -0.3 is 5.32 Å². The maximum atomic E-state index is 3.38. The lowest BCUT2D eigenvalue weighted by atomic mass is 9.82. The Morgan fingerprint density at radius 2 is 1.64 bits per heavy atom. The predicted octanol–water partition coefficient (Wildman–Crippen LogP) is 3.60. The predicted molar refractivity (Wildman–Crippen MR) is 70.4 cm³/mol. The van der Waals surface area contributed by atoms with Crippen molar-refractivity contribution < 1.29 is 0 Å². The highest BCUT2D eigenvalue weighted by Gasteiger charge is 2.24. The lowest BCUT2D eigenvalue weighted by Crippen LogP contribution is -2.29. The van der Waals surface area contributed by atoms with Gasteiger partial charge in [-0.15, -0.1) is 0 Å². The molecule has 0 saturated carbocycles. The summed E-state index contributed by atoms with van der Waals surface area (Å²) in [4.78, 5) is 0. The van der Waals surface area contributed by atoms with Crippen molar-refractivity contribution in [3.8, 4) is 0 Å². The van der Waals surface area contributed by atoms with Gasteiger partial charge in [-0.1, -0.05) is 32.9 Å². The van der Waals surface area contributed by atoms with Gasteiger partial charge in [0.15, 0.2) is 0 Å². The van der Waals surface area contributed by atoms with E-state index in [4.69, 9.17) is 0 Å². The van der Waals surface area contributed by atoms with Gasteiger partial charge in [-0.3, -0.25) is 0 Å². The third-order valence-corrected chi connectivity index (χ3v) is 3.08. The van der Waals surface area contributed by atoms with Crippen LogP contribution in [0.1, 0.15) is 32.4 Å². The zero-order valence-corrected chi connectivity index (χ0v) is 11.4. The molecule has 0 aliphatic heterocycles. The normalized spacial score (nSPS) is 14.1. The van der Waals surface area contributed by atoms with Gasteiger partial charge in [0.2, 0.25) is 0 Å². The maximum absolute atomic E-state index is 3.38. The molecule has 1 N–H and O–H groups in total. The monoisotopic (exact) mass is 303 g/mol. The van der Waals surface area contributed by atoms with E-state index in [1.54, 1.807) is 0 Å². The fraction of sp³-hybridized carbons (Fsp3) is 0.500. The molecule has 0 aromatic heterocycles. The van der Waals surface area contributed by atoms with Crippen LogP contribution in [0.15, 0.2) is 24.3 Å². The Bertz CT molecular complexity index is 284. The molecule has 1 aromatic carbocycles. The smallest absolute Gasteiger partial charge is 0.0366 e. The Balaban J connectivity index is 2.96. The molecule has 2 heteroatoms. The number of hydrogen-bond donors (Lipinski definition) is 1. The molecular formula is C12H18IN. The van der Waals surface area contributed by atoms with Crippen molar-refractivity contribution in [1.29, 1.82) is 0 Å². The summed E-state index contributed by atoms with van der Waals surface area (Å²) in [5.74, 6) is 0. The summed E-state index contributed by atoms with van der Waals surface area (Å²) in [5, 5.41) is 3.38. The van der Waals surface area contributed by atoms with E-state index in [1.165, 1.54) is 9.13 Å². The van der Waals surface area contributed by atoms with Crippen molar-refractivity contribution in [3.63, 3.8) is 0 Å². The number of benzene rings is 1. The number of hydrogen-bond acceptors (Lipinski definition) is 1. The van der Waals surface area contributed by atoms with Crippen molar-refractivity contribution >= 4 is 22.6 Å². The van der Waals surface area contributed by atoms with Crippen LogP contribution in [0.25, 0.3) is 0 Å². The van der Waals surface area contributed by atoms with Crippen molar-refractivity contribution in [2.24, 2.45) is 5.41 Å². The molecule has 1 rings (SSSR count). The maximum Gasteiger partial charge on any atom is 0.0366 e. The Kier molecular flexibility index (Phi) is 3.95. The average Bonchev–Trinajstić information content (AvgIpc) is 2.07. The Labute approximate surface area is 100 Å². The van der Waals surface area contributed by atoms with Gasteiger partial charge in [0, 0.05) is 9.61 Å². The molecule has 1 aromatic rings. The lowest BCUT2D eigenvalue weighted by Gasteiger charge is -2.30. The fourth-order valence-corrected chi connectivity index (χ4v) is 2.11. The van der Waals surface area contributed by atoms with Crippen LogP contribution in [0.4, 0.5) is 0 Å². The van der Waals surface area contributed by atoms with Crippen molar-refractivity contribution in [1.82, 2.24) is 5.32 Å². The summed E-state index contributed by atoms with van der Waals surface area (Å²) in [6.07, 6.45) is 0. The zero-order chi connectivity index (χ0) is 10.8. The minimum Gasteiger partial charge on any atom is -0.313 e. The largest absolute Gasteiger partial charge is 0.313 e. The topological polar surface area (TPSA) is 12.0 Å². The molecule has 0 heterocycles. The minimum absolute atomic E-state index is 0.252. The molecular weight excluding hydrogens is 285 g/mol. The molecule has 1 atom stereocenters. The van der Waals surface area contributed by atoms with Crippen LogP contribution in [-0.4, -0.2) is 7.05 Å². The van der Waals surface area contributed by atoms with Crippen LogP contribution >= 0.6 is 22.6 Å². The second kappa shape index (κ2) is 4.62. The lowest BCUT2D eigenvalue weighted by molar-refractivity contribution is 0.287. The zero-order valence-electron chi connectivity index (χ0n) is 9.26. The minimum atomic E-state index is 0.252. The molecule has 0 saturated heterocycles. The van der Waals surface area contributed by atoms with Gasteiger partial charge in [0.1, 0.15) is 0 Å². The third kappa shape index (κ3) is 2.95. The molecule has 0 fully saturated rings. The molecule has 78 valence electrons. The average molecular weight is 303 g/mol. The Hall–Kier alpha value is -0.0900. The van der Waals surface area contributed by atoms with E-state index in [9.17, 15) is 0 Å². The van der Waals surface area contributed by atoms with Crippen LogP contribution in [0.2, 0.25) is 0 Å². The van der Waals surface area contributed by atoms with Gasteiger partial charge in [-0.2, -0.15) is 0 Å². The molecule has 14 heavy (non-hydrogen) atoms. The standard InChI is InChI=1S/C12H18IN/c1-12(2,3)11(14-4)9-5-7-10(13)8-6-9/h5-8,11,14H,1-4H3. The second-order valence-corrected chi connectivity index (χ2v) is 5.88. The van der Waals surface area contributed by atoms with Crippen molar-refractivity contribution in [2.75, 3.05) is 7.05 Å². The van der Waals surface area contributed by atoms with Gasteiger partial charge in [-0.25, -0.2) is 0 Å². The SMILES string of the molecule is CNC(c1ccc(I)cc1)C(C)(C)C. The van der Waals surface area contributed by atoms with E-state index < -0.39 is 0 Å². The molecule has 1 unspecified atom stereocenters. The van der Waals surface area contributed by atoms with Crippen molar-refractivity contribution in [3.05, 3.63) is 33.4 Å². The van der Waals surface area contributed by atoms with Crippen LogP contribution in [0.3, 0.4) is 0 Å². The quantitative estimate of drug-likeness (QED) is 0.823. The van der Waals surface area contributed by atoms with Crippen LogP contribution in [-0.2, 0) is 0 Å².